The Balaban J connectivity index is 0.699. The number of nitrogens with zero attached hydrogens (tertiary/aromatic N) is 10. The highest BCUT2D eigenvalue weighted by atomic mass is 15.1. The molecule has 6 aromatic heterocycles. The molecule has 0 aliphatic rings. The molecular weight excluding hydrogens is 1390 g/mol. The third kappa shape index (κ3) is 8.57. The lowest BCUT2D eigenvalue weighted by Gasteiger charge is -2.17. The van der Waals surface area contributed by atoms with Gasteiger partial charge in [0.25, 0.3) is 0 Å². The number of rotatable bonds is 7. The largest absolute Gasteiger partial charge is 0.309 e. The van der Waals surface area contributed by atoms with Crippen molar-refractivity contribution in [2.45, 2.75) is 0 Å². The van der Waals surface area contributed by atoms with Crippen LogP contribution >= 0.6 is 0 Å². The molecule has 6 heterocycles. The van der Waals surface area contributed by atoms with Crippen LogP contribution in [0.1, 0.15) is 22.3 Å². The Labute approximate surface area is 649 Å². The van der Waals surface area contributed by atoms with Crippen LogP contribution in [0.2, 0.25) is 0 Å². The van der Waals surface area contributed by atoms with Gasteiger partial charge < -0.3 is 27.4 Å². The van der Waals surface area contributed by atoms with Gasteiger partial charge in [0.05, 0.1) is 117 Å². The molecule has 0 amide bonds. The lowest BCUT2D eigenvalue weighted by atomic mass is 9.95. The molecule has 10 nitrogen and oxygen atoms in total. The lowest BCUT2D eigenvalue weighted by molar-refractivity contribution is 1.11. The Hall–Kier alpha value is -16.2. The first-order chi connectivity index (χ1) is 56.4. The van der Waals surface area contributed by atoms with Crippen LogP contribution in [0.5, 0.6) is 0 Å². The summed E-state index contributed by atoms with van der Waals surface area (Å²) >= 11 is 0. The Morgan fingerprint density at radius 3 is 0.904 bits per heavy atom. The second-order valence-electron chi connectivity index (χ2n) is 29.9. The predicted molar refractivity (Wildman–Crippen MR) is 467 cm³/mol. The zero-order valence-electron chi connectivity index (χ0n) is 60.8. The van der Waals surface area contributed by atoms with Gasteiger partial charge in [0.1, 0.15) is 24.3 Å². The number of nitriles is 4. The van der Waals surface area contributed by atoms with Gasteiger partial charge in [-0.05, 0) is 169 Å². The molecule has 0 N–H and O–H groups in total. The van der Waals surface area contributed by atoms with Crippen molar-refractivity contribution < 1.29 is 0 Å². The summed E-state index contributed by atoms with van der Waals surface area (Å²) in [6.45, 7) is 0. The van der Waals surface area contributed by atoms with Gasteiger partial charge in [-0.2, -0.15) is 21.0 Å². The molecule has 114 heavy (non-hydrogen) atoms. The summed E-state index contributed by atoms with van der Waals surface area (Å²) in [5, 5.41) is 68.3. The van der Waals surface area contributed by atoms with Gasteiger partial charge in [-0.25, -0.2) is 0 Å². The zero-order chi connectivity index (χ0) is 75.3. The number of benzene rings is 18. The van der Waals surface area contributed by atoms with E-state index < -0.39 is 0 Å². The maximum Gasteiger partial charge on any atom is 0.101 e. The fraction of sp³-hybridized carbons (Fsp3) is 0. The molecular formula is C104H56N10. The quantitative estimate of drug-likeness (QED) is 0.158. The molecule has 0 spiro atoms. The average molecular weight is 1450 g/mol. The van der Waals surface area contributed by atoms with Gasteiger partial charge in [-0.1, -0.05) is 224 Å². The predicted octanol–water partition coefficient (Wildman–Crippen LogP) is 26.0. The first-order valence-corrected chi connectivity index (χ1v) is 38.2. The summed E-state index contributed by atoms with van der Waals surface area (Å²) in [4.78, 5) is 0. The van der Waals surface area contributed by atoms with Crippen molar-refractivity contribution >= 4 is 174 Å². The van der Waals surface area contributed by atoms with Crippen LogP contribution < -0.4 is 0 Å². The molecule has 522 valence electrons. The summed E-state index contributed by atoms with van der Waals surface area (Å²) < 4.78 is 13.4. The van der Waals surface area contributed by atoms with Gasteiger partial charge in [-0.3, -0.25) is 0 Å². The van der Waals surface area contributed by atoms with Crippen molar-refractivity contribution in [2.24, 2.45) is 0 Å². The second-order valence-corrected chi connectivity index (χ2v) is 29.9. The first-order valence-electron chi connectivity index (χ1n) is 38.2. The zero-order valence-corrected chi connectivity index (χ0v) is 60.8. The Morgan fingerprint density at radius 1 is 0.175 bits per heavy atom. The van der Waals surface area contributed by atoms with Crippen LogP contribution in [0.15, 0.2) is 340 Å². The van der Waals surface area contributed by atoms with Crippen LogP contribution in [-0.2, 0) is 0 Å². The molecule has 0 bridgehead atoms. The number of para-hydroxylation sites is 7. The molecule has 0 saturated carbocycles. The third-order valence-corrected chi connectivity index (χ3v) is 24.3. The molecule has 0 aliphatic carbocycles. The van der Waals surface area contributed by atoms with E-state index in [1.54, 1.807) is 0 Å². The average Bonchev–Trinajstić information content (AvgIpc) is 1.55. The summed E-state index contributed by atoms with van der Waals surface area (Å²) in [7, 11) is 0. The van der Waals surface area contributed by atoms with Crippen LogP contribution in [0, 0.1) is 45.3 Å². The summed E-state index contributed by atoms with van der Waals surface area (Å²) in [6.07, 6.45) is 0. The molecule has 0 fully saturated rings. The standard InChI is InChI=1S/C104H56N10/c105-57-67-53-97(68(58-106)52-95(67)111-88-33-15-9-26-78(88)100-72-20-3-1-18-61(72)40-46-90(100)111)113-92-48-43-64-37-39-66(51-83(64)103(92)80-45-44-71(56-99(80)113)109-84-29-11-5-22-74(84)75-23-6-12-30-85(75)109)65-38-36-63-42-47-91-102(82(63)50-65)79-27-10-16-34-89(79)112(91)96-54-70(60-108)98(55-69(96)59-107)114-93-49-41-62-19-2-4-21-73(62)101(93)81-28-17-35-94(104(81)114)110-86-31-13-7-24-76(86)77-25-8-14-32-87(77)110/h1-56H. The van der Waals surface area contributed by atoms with Crippen molar-refractivity contribution in [3.63, 3.8) is 0 Å². The number of fused-ring (bicyclic) bond motifs is 26. The van der Waals surface area contributed by atoms with E-state index in [-0.39, 0.29) is 0 Å². The van der Waals surface area contributed by atoms with E-state index in [4.69, 9.17) is 0 Å². The number of hydrogen-bond donors (Lipinski definition) is 0. The molecule has 10 heteroatoms. The van der Waals surface area contributed by atoms with E-state index in [0.29, 0.717) is 45.0 Å². The van der Waals surface area contributed by atoms with Gasteiger partial charge >= 0.3 is 0 Å². The summed E-state index contributed by atoms with van der Waals surface area (Å²) in [5.74, 6) is 0. The van der Waals surface area contributed by atoms with Crippen LogP contribution in [0.3, 0.4) is 0 Å². The summed E-state index contributed by atoms with van der Waals surface area (Å²) in [5.41, 5.74) is 19.6. The minimum atomic E-state index is 0.414. The van der Waals surface area contributed by atoms with Crippen molar-refractivity contribution in [3.8, 4) is 69.5 Å². The van der Waals surface area contributed by atoms with E-state index >= 15 is 0 Å². The van der Waals surface area contributed by atoms with Crippen molar-refractivity contribution in [2.75, 3.05) is 0 Å². The van der Waals surface area contributed by atoms with Gasteiger partial charge in [0.2, 0.25) is 0 Å². The topological polar surface area (TPSA) is 125 Å². The van der Waals surface area contributed by atoms with Crippen LogP contribution in [0.4, 0.5) is 0 Å². The van der Waals surface area contributed by atoms with E-state index in [2.05, 4.69) is 355 Å². The highest BCUT2D eigenvalue weighted by molar-refractivity contribution is 6.27. The monoisotopic (exact) mass is 1440 g/mol. The lowest BCUT2D eigenvalue weighted by Crippen LogP contribution is -2.05. The molecule has 0 radical (unpaired) electrons. The van der Waals surface area contributed by atoms with Crippen molar-refractivity contribution in [3.05, 3.63) is 362 Å². The second kappa shape index (κ2) is 23.6. The normalized spacial score (nSPS) is 12.0. The van der Waals surface area contributed by atoms with Gasteiger partial charge in [-0.15, -0.1) is 0 Å². The number of hydrogen-bond acceptors (Lipinski definition) is 4. The maximum absolute atomic E-state index is 11.8. The molecule has 0 saturated heterocycles. The van der Waals surface area contributed by atoms with Gasteiger partial charge in [0, 0.05) is 70.3 Å². The fourth-order valence-corrected chi connectivity index (χ4v) is 19.5. The van der Waals surface area contributed by atoms with Crippen LogP contribution in [0.25, 0.3) is 219 Å². The smallest absolute Gasteiger partial charge is 0.101 e. The molecule has 0 unspecified atom stereocenters. The van der Waals surface area contributed by atoms with Crippen molar-refractivity contribution in [1.29, 1.82) is 21.0 Å². The molecule has 24 aromatic rings. The number of aromatic nitrogens is 6. The fourth-order valence-electron chi connectivity index (χ4n) is 19.5. The molecule has 0 atom stereocenters. The van der Waals surface area contributed by atoms with Gasteiger partial charge in [0.15, 0.2) is 0 Å². The minimum Gasteiger partial charge on any atom is -0.309 e. The summed E-state index contributed by atoms with van der Waals surface area (Å²) in [6, 6.07) is 130. The molecule has 24 rings (SSSR count). The van der Waals surface area contributed by atoms with Crippen LogP contribution in [-0.4, -0.2) is 27.4 Å². The van der Waals surface area contributed by atoms with E-state index in [1.807, 2.05) is 36.4 Å². The molecule has 18 aromatic carbocycles. The Bertz CT molecular complexity index is 8590. The highest BCUT2D eigenvalue weighted by Gasteiger charge is 2.29. The SMILES string of the molecule is N#Cc1cc(-n2c3cc(-n4c5ccccc5c5ccccc54)ccc3c3c4cc(-c5ccc6ccc7c(c6c5)c5ccccc5n7-c5cc(C#N)c(-n6c7ccc8ccccc8c7c7cccc(-n8c9ccccc9c9ccccc98)c76)cc5C#N)ccc4ccc32)c(C#N)cc1-n1c2ccccc2c2c3ccccc3ccc21. The van der Waals surface area contributed by atoms with E-state index in [1.165, 1.54) is 0 Å². The van der Waals surface area contributed by atoms with Crippen molar-refractivity contribution in [1.82, 2.24) is 27.4 Å². The van der Waals surface area contributed by atoms with E-state index in [9.17, 15) is 21.0 Å². The minimum absolute atomic E-state index is 0.414. The Kier molecular flexibility index (Phi) is 13.0. The Morgan fingerprint density at radius 2 is 0.474 bits per heavy atom. The maximum atomic E-state index is 11.8. The van der Waals surface area contributed by atoms with E-state index in [0.717, 1.165) is 196 Å². The highest BCUT2D eigenvalue weighted by Crippen LogP contribution is 2.48. The molecule has 0 aliphatic heterocycles. The third-order valence-electron chi connectivity index (χ3n) is 24.3. The first kappa shape index (κ1) is 62.8.